The van der Waals surface area contributed by atoms with Crippen LogP contribution in [0.25, 0.3) is 5.57 Å². The van der Waals surface area contributed by atoms with Gasteiger partial charge in [-0.15, -0.1) is 0 Å². The van der Waals surface area contributed by atoms with Gasteiger partial charge in [0.05, 0.1) is 6.04 Å². The number of ether oxygens (including phenoxy) is 1. The Morgan fingerprint density at radius 3 is 2.83 bits per heavy atom. The first-order chi connectivity index (χ1) is 11.8. The molecule has 4 heteroatoms. The largest absolute Gasteiger partial charge is 0.445 e. The standard InChI is InChI=1S/C20H21NO2S/c22-20(23-13-15-5-2-1-3-6-15)21-18-7-4-8-19(21)12-17(11-18)16-9-10-24-14-16/h1-3,5-6,9-11,14,18-19H,4,7-8,12-13H2. The van der Waals surface area contributed by atoms with E-state index in [1.165, 1.54) is 17.6 Å². The van der Waals surface area contributed by atoms with Crippen LogP contribution in [0.1, 0.15) is 36.8 Å². The highest BCUT2D eigenvalue weighted by Crippen LogP contribution is 2.38. The molecule has 2 bridgehead atoms. The summed E-state index contributed by atoms with van der Waals surface area (Å²) in [5.74, 6) is 0. The zero-order chi connectivity index (χ0) is 16.4. The Labute approximate surface area is 146 Å². The second-order valence-electron chi connectivity index (χ2n) is 6.51. The SMILES string of the molecule is O=C(OCc1ccccc1)N1C2C=C(c3ccsc3)CC1CCC2. The molecule has 24 heavy (non-hydrogen) atoms. The van der Waals surface area contributed by atoms with Crippen LogP contribution in [0.15, 0.2) is 53.2 Å². The van der Waals surface area contributed by atoms with E-state index in [1.807, 2.05) is 35.2 Å². The van der Waals surface area contributed by atoms with Crippen molar-refractivity contribution >= 4 is 23.0 Å². The van der Waals surface area contributed by atoms with Crippen molar-refractivity contribution in [2.75, 3.05) is 0 Å². The summed E-state index contributed by atoms with van der Waals surface area (Å²) in [5.41, 5.74) is 3.73. The average molecular weight is 339 g/mol. The van der Waals surface area contributed by atoms with E-state index in [1.54, 1.807) is 11.3 Å². The molecule has 3 heterocycles. The highest BCUT2D eigenvalue weighted by atomic mass is 32.1. The first-order valence-electron chi connectivity index (χ1n) is 8.53. The minimum atomic E-state index is -0.172. The predicted molar refractivity (Wildman–Crippen MR) is 96.8 cm³/mol. The molecule has 1 aromatic heterocycles. The number of hydrogen-bond acceptors (Lipinski definition) is 3. The van der Waals surface area contributed by atoms with Crippen molar-refractivity contribution in [1.82, 2.24) is 4.90 Å². The van der Waals surface area contributed by atoms with Gasteiger partial charge in [-0.2, -0.15) is 11.3 Å². The van der Waals surface area contributed by atoms with Gasteiger partial charge in [-0.25, -0.2) is 4.79 Å². The predicted octanol–water partition coefficient (Wildman–Crippen LogP) is 5.10. The van der Waals surface area contributed by atoms with Crippen LogP contribution < -0.4 is 0 Å². The summed E-state index contributed by atoms with van der Waals surface area (Å²) in [6.07, 6.45) is 6.33. The summed E-state index contributed by atoms with van der Waals surface area (Å²) in [6.45, 7) is 0.344. The second kappa shape index (κ2) is 6.81. The molecular weight excluding hydrogens is 318 g/mol. The van der Waals surface area contributed by atoms with Crippen LogP contribution in [-0.4, -0.2) is 23.1 Å². The maximum atomic E-state index is 12.7. The van der Waals surface area contributed by atoms with E-state index in [0.717, 1.165) is 24.8 Å². The van der Waals surface area contributed by atoms with E-state index in [2.05, 4.69) is 22.9 Å². The van der Waals surface area contributed by atoms with Gasteiger partial charge in [-0.3, -0.25) is 4.90 Å². The Bertz CT molecular complexity index is 723. The number of carbonyl (C=O) groups is 1. The Hall–Kier alpha value is -2.07. The van der Waals surface area contributed by atoms with Crippen LogP contribution >= 0.6 is 11.3 Å². The van der Waals surface area contributed by atoms with E-state index in [0.29, 0.717) is 6.61 Å². The van der Waals surface area contributed by atoms with Gasteiger partial charge in [0.2, 0.25) is 0 Å². The Morgan fingerprint density at radius 2 is 2.08 bits per heavy atom. The number of piperidine rings is 1. The molecule has 0 spiro atoms. The molecule has 1 aromatic carbocycles. The lowest BCUT2D eigenvalue weighted by Gasteiger charge is -2.44. The third-order valence-corrected chi connectivity index (χ3v) is 5.63. The molecule has 3 nitrogen and oxygen atoms in total. The van der Waals surface area contributed by atoms with Crippen LogP contribution in [-0.2, 0) is 11.3 Å². The highest BCUT2D eigenvalue weighted by molar-refractivity contribution is 7.08. The third kappa shape index (κ3) is 3.11. The molecule has 2 unspecified atom stereocenters. The molecule has 1 amide bonds. The van der Waals surface area contributed by atoms with E-state index in [9.17, 15) is 4.79 Å². The molecular formula is C20H21NO2S. The van der Waals surface area contributed by atoms with Crippen molar-refractivity contribution in [1.29, 1.82) is 0 Å². The molecule has 0 N–H and O–H groups in total. The van der Waals surface area contributed by atoms with Crippen molar-refractivity contribution < 1.29 is 9.53 Å². The van der Waals surface area contributed by atoms with Gasteiger partial charge in [0, 0.05) is 6.04 Å². The zero-order valence-electron chi connectivity index (χ0n) is 13.6. The molecule has 2 aliphatic heterocycles. The number of fused-ring (bicyclic) bond motifs is 2. The number of benzene rings is 1. The van der Waals surface area contributed by atoms with Crippen molar-refractivity contribution in [3.05, 3.63) is 64.4 Å². The van der Waals surface area contributed by atoms with Crippen molar-refractivity contribution in [2.24, 2.45) is 0 Å². The topological polar surface area (TPSA) is 29.5 Å². The minimum Gasteiger partial charge on any atom is -0.445 e. The van der Waals surface area contributed by atoms with Crippen LogP contribution in [0, 0.1) is 0 Å². The summed E-state index contributed by atoms with van der Waals surface area (Å²) < 4.78 is 5.59. The Balaban J connectivity index is 1.48. The first-order valence-corrected chi connectivity index (χ1v) is 9.48. The second-order valence-corrected chi connectivity index (χ2v) is 7.29. The number of carbonyl (C=O) groups excluding carboxylic acids is 1. The zero-order valence-corrected chi connectivity index (χ0v) is 14.4. The van der Waals surface area contributed by atoms with E-state index < -0.39 is 0 Å². The molecule has 124 valence electrons. The molecule has 0 saturated carbocycles. The van der Waals surface area contributed by atoms with Gasteiger partial charge < -0.3 is 4.74 Å². The number of rotatable bonds is 3. The van der Waals surface area contributed by atoms with Crippen LogP contribution in [0.4, 0.5) is 4.79 Å². The summed E-state index contributed by atoms with van der Waals surface area (Å²) in [7, 11) is 0. The first kappa shape index (κ1) is 15.5. The lowest BCUT2D eigenvalue weighted by atomic mass is 9.84. The van der Waals surface area contributed by atoms with E-state index in [-0.39, 0.29) is 18.2 Å². The monoisotopic (exact) mass is 339 g/mol. The summed E-state index contributed by atoms with van der Waals surface area (Å²) in [6, 6.07) is 12.5. The van der Waals surface area contributed by atoms with Gasteiger partial charge >= 0.3 is 6.09 Å². The lowest BCUT2D eigenvalue weighted by Crippen LogP contribution is -2.51. The van der Waals surface area contributed by atoms with Crippen molar-refractivity contribution in [3.8, 4) is 0 Å². The quantitative estimate of drug-likeness (QED) is 0.779. The smallest absolute Gasteiger partial charge is 0.410 e. The number of thiophene rings is 1. The number of hydrogen-bond donors (Lipinski definition) is 0. The molecule has 2 aliphatic rings. The summed E-state index contributed by atoms with van der Waals surface area (Å²) in [5, 5.41) is 4.32. The van der Waals surface area contributed by atoms with Gasteiger partial charge in [0.15, 0.2) is 0 Å². The van der Waals surface area contributed by atoms with Gasteiger partial charge in [-0.1, -0.05) is 36.4 Å². The maximum Gasteiger partial charge on any atom is 0.410 e. The molecule has 1 fully saturated rings. The van der Waals surface area contributed by atoms with E-state index >= 15 is 0 Å². The molecule has 0 radical (unpaired) electrons. The molecule has 1 saturated heterocycles. The Kier molecular flexibility index (Phi) is 4.39. The summed E-state index contributed by atoms with van der Waals surface area (Å²) in [4.78, 5) is 14.6. The van der Waals surface area contributed by atoms with Gasteiger partial charge in [0.1, 0.15) is 6.61 Å². The number of amides is 1. The normalized spacial score (nSPS) is 22.8. The fraction of sp³-hybridized carbons (Fsp3) is 0.350. The highest BCUT2D eigenvalue weighted by Gasteiger charge is 2.38. The lowest BCUT2D eigenvalue weighted by molar-refractivity contribution is 0.0510. The Morgan fingerprint density at radius 1 is 1.21 bits per heavy atom. The summed E-state index contributed by atoms with van der Waals surface area (Å²) >= 11 is 1.73. The van der Waals surface area contributed by atoms with Gasteiger partial charge in [0.25, 0.3) is 0 Å². The molecule has 4 rings (SSSR count). The van der Waals surface area contributed by atoms with Gasteiger partial charge in [-0.05, 0) is 59.2 Å². The van der Waals surface area contributed by atoms with Crippen LogP contribution in [0.2, 0.25) is 0 Å². The molecule has 2 atom stereocenters. The fourth-order valence-corrected chi connectivity index (χ4v) is 4.45. The van der Waals surface area contributed by atoms with Crippen LogP contribution in [0.3, 0.4) is 0 Å². The van der Waals surface area contributed by atoms with Crippen molar-refractivity contribution in [2.45, 2.75) is 44.4 Å². The molecule has 0 aliphatic carbocycles. The van der Waals surface area contributed by atoms with E-state index in [4.69, 9.17) is 4.74 Å². The number of nitrogens with zero attached hydrogens (tertiary/aromatic N) is 1. The van der Waals surface area contributed by atoms with Crippen LogP contribution in [0.5, 0.6) is 0 Å². The fourth-order valence-electron chi connectivity index (χ4n) is 3.77. The molecule has 2 aromatic rings. The third-order valence-electron chi connectivity index (χ3n) is 4.94. The average Bonchev–Trinajstić information content (AvgIpc) is 3.14. The maximum absolute atomic E-state index is 12.7. The van der Waals surface area contributed by atoms with Crippen molar-refractivity contribution in [3.63, 3.8) is 0 Å². The minimum absolute atomic E-state index is 0.172.